The SMILES string of the molecule is Cl.O=C(O)[C@H](CCC[C@H]1C(=O)O[C@H](c2ccccc2)[C@H](c2ccccc2)N1C(=O)OCc1ccccc1)N[C@@H](c1ccccc1)[C@H](O)c1ccccc1. The lowest BCUT2D eigenvalue weighted by Gasteiger charge is -2.44. The maximum Gasteiger partial charge on any atom is 0.411 e. The molecule has 0 saturated carbocycles. The van der Waals surface area contributed by atoms with Crippen molar-refractivity contribution in [1.82, 2.24) is 10.2 Å². The average Bonchev–Trinajstić information content (AvgIpc) is 3.19. The zero-order valence-corrected chi connectivity index (χ0v) is 29.8. The summed E-state index contributed by atoms with van der Waals surface area (Å²) >= 11 is 0. The van der Waals surface area contributed by atoms with Crippen molar-refractivity contribution in [2.75, 3.05) is 0 Å². The van der Waals surface area contributed by atoms with E-state index in [1.54, 1.807) is 12.1 Å². The maximum atomic E-state index is 14.2. The number of carboxylic acids is 1. The summed E-state index contributed by atoms with van der Waals surface area (Å²) < 4.78 is 12.0. The van der Waals surface area contributed by atoms with E-state index < -0.39 is 54.4 Å². The second kappa shape index (κ2) is 18.8. The van der Waals surface area contributed by atoms with Crippen LogP contribution in [0.25, 0.3) is 0 Å². The van der Waals surface area contributed by atoms with Gasteiger partial charge in [-0.1, -0.05) is 152 Å². The Kier molecular flexibility index (Phi) is 13.8. The van der Waals surface area contributed by atoms with Crippen molar-refractivity contribution in [3.05, 3.63) is 179 Å². The molecular weight excluding hydrogens is 692 g/mol. The van der Waals surface area contributed by atoms with Gasteiger partial charge in [0, 0.05) is 0 Å². The largest absolute Gasteiger partial charge is 0.480 e. The molecule has 0 aromatic heterocycles. The number of aliphatic hydroxyl groups is 1. The molecule has 6 rings (SSSR count). The summed E-state index contributed by atoms with van der Waals surface area (Å²) in [4.78, 5) is 42.2. The highest BCUT2D eigenvalue weighted by Gasteiger charge is 2.48. The van der Waals surface area contributed by atoms with E-state index in [-0.39, 0.29) is 38.3 Å². The van der Waals surface area contributed by atoms with Gasteiger partial charge in [0.25, 0.3) is 0 Å². The first-order valence-corrected chi connectivity index (χ1v) is 17.5. The number of halogens is 1. The first-order chi connectivity index (χ1) is 25.4. The van der Waals surface area contributed by atoms with E-state index >= 15 is 0 Å². The molecule has 1 aliphatic heterocycles. The third-order valence-corrected chi connectivity index (χ3v) is 9.39. The molecule has 53 heavy (non-hydrogen) atoms. The molecule has 3 N–H and O–H groups in total. The van der Waals surface area contributed by atoms with Gasteiger partial charge in [-0.25, -0.2) is 9.59 Å². The molecule has 1 fully saturated rings. The number of esters is 1. The van der Waals surface area contributed by atoms with Gasteiger partial charge >= 0.3 is 18.0 Å². The molecule has 274 valence electrons. The number of cyclic esters (lactones) is 1. The Labute approximate surface area is 315 Å². The van der Waals surface area contributed by atoms with Crippen molar-refractivity contribution in [2.45, 2.75) is 62.2 Å². The molecule has 0 bridgehead atoms. The molecule has 9 nitrogen and oxygen atoms in total. The van der Waals surface area contributed by atoms with Gasteiger partial charge in [-0.2, -0.15) is 0 Å². The van der Waals surface area contributed by atoms with Crippen LogP contribution in [0.2, 0.25) is 0 Å². The van der Waals surface area contributed by atoms with Crippen LogP contribution in [0.15, 0.2) is 152 Å². The molecule has 5 aromatic rings. The molecule has 6 atom stereocenters. The van der Waals surface area contributed by atoms with Gasteiger partial charge in [-0.15, -0.1) is 12.4 Å². The zero-order valence-electron chi connectivity index (χ0n) is 29.0. The van der Waals surface area contributed by atoms with Gasteiger partial charge in [0.1, 0.15) is 24.7 Å². The molecule has 1 saturated heterocycles. The first kappa shape index (κ1) is 38.7. The molecule has 5 aromatic carbocycles. The molecule has 1 aliphatic rings. The Morgan fingerprint density at radius 3 is 1.81 bits per heavy atom. The van der Waals surface area contributed by atoms with Gasteiger partial charge in [-0.3, -0.25) is 15.0 Å². The number of nitrogens with zero attached hydrogens (tertiary/aromatic N) is 1. The van der Waals surface area contributed by atoms with Gasteiger partial charge < -0.3 is 19.7 Å². The fourth-order valence-corrected chi connectivity index (χ4v) is 6.77. The minimum absolute atomic E-state index is 0. The van der Waals surface area contributed by atoms with Gasteiger partial charge in [-0.05, 0) is 47.1 Å². The smallest absolute Gasteiger partial charge is 0.411 e. The molecule has 0 radical (unpaired) electrons. The number of aliphatic hydroxyl groups excluding tert-OH is 1. The number of ether oxygens (including phenoxy) is 2. The minimum Gasteiger partial charge on any atom is -0.480 e. The highest BCUT2D eigenvalue weighted by Crippen LogP contribution is 2.43. The minimum atomic E-state index is -1.10. The Hall–Kier alpha value is -5.48. The summed E-state index contributed by atoms with van der Waals surface area (Å²) in [6, 6.07) is 42.7. The van der Waals surface area contributed by atoms with E-state index in [0.29, 0.717) is 5.56 Å². The third kappa shape index (κ3) is 9.70. The lowest BCUT2D eigenvalue weighted by molar-refractivity contribution is -0.173. The number of carbonyl (C=O) groups is 3. The number of hydrogen-bond acceptors (Lipinski definition) is 7. The molecule has 1 amide bonds. The van der Waals surface area contributed by atoms with Crippen LogP contribution in [-0.4, -0.2) is 45.2 Å². The number of amides is 1. The Morgan fingerprint density at radius 1 is 0.736 bits per heavy atom. The van der Waals surface area contributed by atoms with Crippen LogP contribution in [0.3, 0.4) is 0 Å². The summed E-state index contributed by atoms with van der Waals surface area (Å²) in [5.74, 6) is -1.70. The van der Waals surface area contributed by atoms with Crippen LogP contribution in [0.4, 0.5) is 4.79 Å². The topological polar surface area (TPSA) is 125 Å². The fraction of sp³-hybridized carbons (Fsp3) is 0.233. The number of hydrogen-bond donors (Lipinski definition) is 3. The summed E-state index contributed by atoms with van der Waals surface area (Å²) in [5, 5.41) is 25.0. The van der Waals surface area contributed by atoms with Crippen LogP contribution in [-0.2, 0) is 25.7 Å². The van der Waals surface area contributed by atoms with E-state index in [1.807, 2.05) is 140 Å². The number of aliphatic carboxylic acids is 1. The number of rotatable bonds is 14. The van der Waals surface area contributed by atoms with Crippen LogP contribution in [0.1, 0.15) is 71.4 Å². The number of benzene rings is 5. The lowest BCUT2D eigenvalue weighted by atomic mass is 9.90. The molecular formula is C43H43ClN2O7. The van der Waals surface area contributed by atoms with E-state index in [4.69, 9.17) is 9.47 Å². The molecule has 0 unspecified atom stereocenters. The third-order valence-electron chi connectivity index (χ3n) is 9.39. The van der Waals surface area contributed by atoms with Crippen LogP contribution < -0.4 is 5.32 Å². The summed E-state index contributed by atoms with van der Waals surface area (Å²) in [6.07, 6.45) is -2.05. The molecule has 10 heteroatoms. The van der Waals surface area contributed by atoms with Crippen LogP contribution in [0.5, 0.6) is 0 Å². The Morgan fingerprint density at radius 2 is 1.25 bits per heavy atom. The lowest BCUT2D eigenvalue weighted by Crippen LogP contribution is -2.54. The van der Waals surface area contributed by atoms with Gasteiger partial charge in [0.15, 0.2) is 6.10 Å². The maximum absolute atomic E-state index is 14.2. The fourth-order valence-electron chi connectivity index (χ4n) is 6.77. The monoisotopic (exact) mass is 734 g/mol. The van der Waals surface area contributed by atoms with Crippen molar-refractivity contribution in [2.24, 2.45) is 0 Å². The predicted octanol–water partition coefficient (Wildman–Crippen LogP) is 8.14. The number of carbonyl (C=O) groups excluding carboxylic acids is 2. The molecule has 1 heterocycles. The number of nitrogens with one attached hydrogen (secondary N) is 1. The first-order valence-electron chi connectivity index (χ1n) is 17.5. The highest BCUT2D eigenvalue weighted by molar-refractivity contribution is 5.85. The second-order valence-electron chi connectivity index (χ2n) is 12.8. The molecule has 0 spiro atoms. The normalized spacial score (nSPS) is 18.5. The van der Waals surface area contributed by atoms with Crippen molar-refractivity contribution in [3.8, 4) is 0 Å². The summed E-state index contributed by atoms with van der Waals surface area (Å²) in [7, 11) is 0. The predicted molar refractivity (Wildman–Crippen MR) is 203 cm³/mol. The van der Waals surface area contributed by atoms with Crippen LogP contribution >= 0.6 is 12.4 Å². The van der Waals surface area contributed by atoms with Gasteiger partial charge in [0.05, 0.1) is 12.1 Å². The quantitative estimate of drug-likeness (QED) is 0.0977. The second-order valence-corrected chi connectivity index (χ2v) is 12.8. The number of carboxylic acid groups (broad SMARTS) is 1. The van der Waals surface area contributed by atoms with Crippen molar-refractivity contribution >= 4 is 30.4 Å². The van der Waals surface area contributed by atoms with E-state index in [1.165, 1.54) is 4.90 Å². The van der Waals surface area contributed by atoms with E-state index in [9.17, 15) is 24.6 Å². The zero-order chi connectivity index (χ0) is 36.3. The standard InChI is InChI=1S/C43H42N2O7.ClH/c46-39(33-23-12-4-13-24-33)37(31-19-8-2-9-20-31)44-35(41(47)48)27-16-28-36-42(49)52-40(34-25-14-5-15-26-34)38(32-21-10-3-11-22-32)45(36)43(50)51-29-30-17-6-1-7-18-30;/h1-15,17-26,35-40,44,46H,16,27-29H2,(H,47,48);1H/t35-,36-,37-,38-,39+,40+;/m0./s1. The van der Waals surface area contributed by atoms with Crippen LogP contribution in [0, 0.1) is 0 Å². The number of morpholine rings is 1. The molecule has 0 aliphatic carbocycles. The van der Waals surface area contributed by atoms with Crippen molar-refractivity contribution in [3.63, 3.8) is 0 Å². The average molecular weight is 735 g/mol. The summed E-state index contributed by atoms with van der Waals surface area (Å²) in [6.45, 7) is 0.00504. The highest BCUT2D eigenvalue weighted by atomic mass is 35.5. The Balaban J connectivity index is 0.00000541. The van der Waals surface area contributed by atoms with E-state index in [2.05, 4.69) is 5.32 Å². The Bertz CT molecular complexity index is 1890. The van der Waals surface area contributed by atoms with Crippen molar-refractivity contribution < 1.29 is 34.1 Å². The van der Waals surface area contributed by atoms with Gasteiger partial charge in [0.2, 0.25) is 0 Å². The van der Waals surface area contributed by atoms with E-state index in [0.717, 1.165) is 22.3 Å². The van der Waals surface area contributed by atoms with Crippen molar-refractivity contribution in [1.29, 1.82) is 0 Å². The summed E-state index contributed by atoms with van der Waals surface area (Å²) in [5.41, 5.74) is 3.65.